The molecule has 19 heavy (non-hydrogen) atoms. The fourth-order valence-electron chi connectivity index (χ4n) is 1.97. The van der Waals surface area contributed by atoms with Crippen LogP contribution in [0.25, 0.3) is 10.8 Å². The molecule has 4 heteroatoms. The number of rotatable bonds is 2. The number of hydrogen-bond donors (Lipinski definition) is 2. The lowest BCUT2D eigenvalue weighted by atomic mass is 10.1. The van der Waals surface area contributed by atoms with E-state index in [0.717, 1.165) is 21.3 Å². The second-order valence-corrected chi connectivity index (χ2v) is 5.00. The van der Waals surface area contributed by atoms with E-state index in [0.29, 0.717) is 5.84 Å². The summed E-state index contributed by atoms with van der Waals surface area (Å²) in [5, 5.41) is 13.4. The number of nitrogens with zero attached hydrogens (tertiary/aromatic N) is 1. The van der Waals surface area contributed by atoms with E-state index in [9.17, 15) is 5.21 Å². The molecule has 2 aromatic carbocycles. The molecule has 0 atom stereocenters. The number of hydrogen-bond acceptors (Lipinski definition) is 3. The molecule has 1 heterocycles. The molecule has 0 fully saturated rings. The van der Waals surface area contributed by atoms with Crippen molar-refractivity contribution in [3.8, 4) is 0 Å². The summed E-state index contributed by atoms with van der Waals surface area (Å²) < 4.78 is 0. The summed E-state index contributed by atoms with van der Waals surface area (Å²) in [4.78, 5) is 5.41. The van der Waals surface area contributed by atoms with Gasteiger partial charge < -0.3 is 0 Å². The molecule has 3 nitrogen and oxygen atoms in total. The van der Waals surface area contributed by atoms with Crippen LogP contribution in [0.5, 0.6) is 0 Å². The molecule has 0 saturated heterocycles. The lowest BCUT2D eigenvalue weighted by molar-refractivity contribution is 0.235. The molecule has 3 rings (SSSR count). The van der Waals surface area contributed by atoms with E-state index in [-0.39, 0.29) is 0 Å². The van der Waals surface area contributed by atoms with Gasteiger partial charge in [-0.1, -0.05) is 42.5 Å². The van der Waals surface area contributed by atoms with Gasteiger partial charge in [0.15, 0.2) is 5.84 Å². The van der Waals surface area contributed by atoms with Crippen molar-refractivity contribution in [3.63, 3.8) is 0 Å². The minimum absolute atomic E-state index is 0.464. The van der Waals surface area contributed by atoms with Crippen LogP contribution < -0.4 is 5.48 Å². The molecular weight excluding hydrogens is 256 g/mol. The quantitative estimate of drug-likeness (QED) is 0.420. The van der Waals surface area contributed by atoms with Gasteiger partial charge in [0.05, 0.1) is 10.6 Å². The molecule has 0 saturated carbocycles. The number of hydroxylamine groups is 1. The van der Waals surface area contributed by atoms with Crippen molar-refractivity contribution in [2.45, 2.75) is 0 Å². The van der Waals surface area contributed by atoms with Crippen LogP contribution in [0.3, 0.4) is 0 Å². The Hall–Kier alpha value is -2.17. The van der Waals surface area contributed by atoms with Crippen LogP contribution in [0.15, 0.2) is 65.0 Å². The molecule has 0 amide bonds. The second kappa shape index (κ2) is 5.22. The van der Waals surface area contributed by atoms with Gasteiger partial charge in [-0.05, 0) is 22.9 Å². The highest BCUT2D eigenvalue weighted by atomic mass is 32.1. The van der Waals surface area contributed by atoms with E-state index < -0.39 is 0 Å². The van der Waals surface area contributed by atoms with Crippen molar-refractivity contribution in [2.24, 2.45) is 4.99 Å². The minimum Gasteiger partial charge on any atom is -0.290 e. The lowest BCUT2D eigenvalue weighted by Gasteiger charge is -2.05. The van der Waals surface area contributed by atoms with E-state index in [1.165, 1.54) is 11.3 Å². The molecule has 1 aromatic heterocycles. The van der Waals surface area contributed by atoms with Gasteiger partial charge in [-0.15, -0.1) is 11.3 Å². The zero-order valence-corrected chi connectivity index (χ0v) is 10.9. The number of aliphatic imine (C=N–C) groups is 1. The summed E-state index contributed by atoms with van der Waals surface area (Å²) in [6.07, 6.45) is 0. The highest BCUT2D eigenvalue weighted by Crippen LogP contribution is 2.26. The average Bonchev–Trinajstić information content (AvgIpc) is 2.99. The third kappa shape index (κ3) is 2.36. The van der Waals surface area contributed by atoms with Crippen LogP contribution in [-0.4, -0.2) is 11.0 Å². The summed E-state index contributed by atoms with van der Waals surface area (Å²) in [6, 6.07) is 17.8. The van der Waals surface area contributed by atoms with Crippen LogP contribution in [0, 0.1) is 0 Å². The molecule has 2 N–H and O–H groups in total. The highest BCUT2D eigenvalue weighted by Gasteiger charge is 2.05. The first-order chi connectivity index (χ1) is 9.38. The fourth-order valence-corrected chi connectivity index (χ4v) is 2.64. The lowest BCUT2D eigenvalue weighted by Crippen LogP contribution is -2.18. The molecule has 0 radical (unpaired) electrons. The number of amidine groups is 1. The molecule has 0 aliphatic carbocycles. The zero-order chi connectivity index (χ0) is 13.1. The first-order valence-electron chi connectivity index (χ1n) is 5.89. The Kier molecular flexibility index (Phi) is 3.27. The Labute approximate surface area is 114 Å². The minimum atomic E-state index is 0.464. The summed E-state index contributed by atoms with van der Waals surface area (Å²) in [5.74, 6) is 0.464. The van der Waals surface area contributed by atoms with E-state index in [1.807, 2.05) is 60.0 Å². The monoisotopic (exact) mass is 268 g/mol. The molecule has 0 aliphatic heterocycles. The van der Waals surface area contributed by atoms with Crippen molar-refractivity contribution < 1.29 is 5.21 Å². The van der Waals surface area contributed by atoms with Crippen LogP contribution in [-0.2, 0) is 0 Å². The molecule has 3 aromatic rings. The van der Waals surface area contributed by atoms with Gasteiger partial charge >= 0.3 is 0 Å². The number of benzene rings is 2. The van der Waals surface area contributed by atoms with Crippen molar-refractivity contribution in [1.29, 1.82) is 0 Å². The van der Waals surface area contributed by atoms with Crippen LogP contribution in [0.2, 0.25) is 0 Å². The van der Waals surface area contributed by atoms with Crippen LogP contribution in [0.1, 0.15) is 4.88 Å². The molecule has 0 bridgehead atoms. The third-order valence-electron chi connectivity index (χ3n) is 2.86. The van der Waals surface area contributed by atoms with Gasteiger partial charge in [-0.2, -0.15) is 0 Å². The molecule has 0 aliphatic rings. The second-order valence-electron chi connectivity index (χ2n) is 4.05. The van der Waals surface area contributed by atoms with Crippen molar-refractivity contribution in [1.82, 2.24) is 5.48 Å². The third-order valence-corrected chi connectivity index (χ3v) is 3.74. The summed E-state index contributed by atoms with van der Waals surface area (Å²) >= 11 is 1.53. The zero-order valence-electron chi connectivity index (χ0n) is 10.1. The normalized spacial score (nSPS) is 11.7. The Bertz CT molecular complexity index is 715. The van der Waals surface area contributed by atoms with Gasteiger partial charge in [-0.25, -0.2) is 4.99 Å². The predicted molar refractivity (Wildman–Crippen MR) is 79.4 cm³/mol. The van der Waals surface area contributed by atoms with Gasteiger partial charge in [0.25, 0.3) is 0 Å². The Morgan fingerprint density at radius 1 is 1.00 bits per heavy atom. The average molecular weight is 268 g/mol. The smallest absolute Gasteiger partial charge is 0.167 e. The van der Waals surface area contributed by atoms with Crippen molar-refractivity contribution in [2.75, 3.05) is 0 Å². The summed E-state index contributed by atoms with van der Waals surface area (Å²) in [5.41, 5.74) is 3.01. The van der Waals surface area contributed by atoms with E-state index in [2.05, 4.69) is 10.5 Å². The number of thiophene rings is 1. The number of fused-ring (bicyclic) bond motifs is 1. The maximum atomic E-state index is 9.26. The topological polar surface area (TPSA) is 44.6 Å². The van der Waals surface area contributed by atoms with E-state index in [1.54, 1.807) is 0 Å². The first kappa shape index (κ1) is 11.9. The summed E-state index contributed by atoms with van der Waals surface area (Å²) in [7, 11) is 0. The first-order valence-corrected chi connectivity index (χ1v) is 6.77. The Morgan fingerprint density at radius 2 is 1.84 bits per heavy atom. The highest BCUT2D eigenvalue weighted by molar-refractivity contribution is 7.12. The van der Waals surface area contributed by atoms with Gasteiger partial charge in [0.2, 0.25) is 0 Å². The van der Waals surface area contributed by atoms with Crippen LogP contribution >= 0.6 is 11.3 Å². The molecule has 94 valence electrons. The predicted octanol–water partition coefficient (Wildman–Crippen LogP) is 3.96. The van der Waals surface area contributed by atoms with Crippen molar-refractivity contribution >= 4 is 33.6 Å². The SMILES string of the molecule is ONC(=Nc1cccc2ccccc12)c1cccs1. The molecular formula is C15H12N2OS. The standard InChI is InChI=1S/C15H12N2OS/c18-17-15(14-9-4-10-19-14)16-13-8-3-6-11-5-1-2-7-12(11)13/h1-10,18H,(H,16,17). The maximum absolute atomic E-state index is 9.26. The number of nitrogens with one attached hydrogen (secondary N) is 1. The molecule has 0 unspecified atom stereocenters. The maximum Gasteiger partial charge on any atom is 0.167 e. The molecule has 0 spiro atoms. The van der Waals surface area contributed by atoms with Gasteiger partial charge in [-0.3, -0.25) is 10.7 Å². The Balaban J connectivity index is 2.14. The van der Waals surface area contributed by atoms with Gasteiger partial charge in [0.1, 0.15) is 0 Å². The fraction of sp³-hybridized carbons (Fsp3) is 0. The largest absolute Gasteiger partial charge is 0.290 e. The Morgan fingerprint density at radius 3 is 2.63 bits per heavy atom. The van der Waals surface area contributed by atoms with Gasteiger partial charge in [0, 0.05) is 5.39 Å². The van der Waals surface area contributed by atoms with E-state index >= 15 is 0 Å². The summed E-state index contributed by atoms with van der Waals surface area (Å²) in [6.45, 7) is 0. The van der Waals surface area contributed by atoms with Crippen LogP contribution in [0.4, 0.5) is 5.69 Å². The van der Waals surface area contributed by atoms with Crippen molar-refractivity contribution in [3.05, 3.63) is 64.9 Å². The van der Waals surface area contributed by atoms with E-state index in [4.69, 9.17) is 0 Å².